The fraction of sp³-hybridized carbons (Fsp3) is 0.409. The lowest BCUT2D eigenvalue weighted by Gasteiger charge is -2.52. The minimum Gasteiger partial charge on any atom is -0.477 e. The van der Waals surface area contributed by atoms with Crippen LogP contribution in [0.3, 0.4) is 0 Å². The average molecular weight is 429 g/mol. The van der Waals surface area contributed by atoms with Gasteiger partial charge in [0.15, 0.2) is 0 Å². The standard InChI is InChI=1S/C22H24N2O5S/c1-2-7-15-17(14-10-6-11-29-14)19(22(27)28)24-20(26)18(21(24)30-15)23-16(25)12-13-8-4-3-5-9-13/h2-5,8-9,14-15,18,21H,1,6-7,10-12H2,(H,23,25)(H,27,28). The SMILES string of the molecule is C=CCC1SC2C(NC(=O)Cc3ccccc3)C(=O)N2C(C(=O)O)=C1C1CCCO1. The maximum atomic E-state index is 12.9. The number of carboxylic acids is 1. The topological polar surface area (TPSA) is 95.9 Å². The van der Waals surface area contributed by atoms with Crippen molar-refractivity contribution in [2.45, 2.75) is 48.5 Å². The maximum absolute atomic E-state index is 12.9. The molecular formula is C22H24N2O5S. The zero-order valence-electron chi connectivity index (χ0n) is 16.5. The number of carboxylic acid groups (broad SMARTS) is 1. The fourth-order valence-electron chi connectivity index (χ4n) is 4.26. The quantitative estimate of drug-likeness (QED) is 0.510. The Bertz CT molecular complexity index is 894. The Balaban J connectivity index is 1.56. The largest absolute Gasteiger partial charge is 0.477 e. The minimum absolute atomic E-state index is 0.0102. The van der Waals surface area contributed by atoms with Crippen molar-refractivity contribution in [3.05, 3.63) is 59.8 Å². The van der Waals surface area contributed by atoms with Crippen LogP contribution >= 0.6 is 11.8 Å². The van der Waals surface area contributed by atoms with Crippen LogP contribution in [0.4, 0.5) is 0 Å². The van der Waals surface area contributed by atoms with E-state index >= 15 is 0 Å². The molecule has 2 fully saturated rings. The van der Waals surface area contributed by atoms with Gasteiger partial charge in [-0.25, -0.2) is 4.79 Å². The average Bonchev–Trinajstić information content (AvgIpc) is 3.26. The molecule has 30 heavy (non-hydrogen) atoms. The van der Waals surface area contributed by atoms with Gasteiger partial charge in [0, 0.05) is 17.4 Å². The molecule has 2 saturated heterocycles. The molecule has 3 aliphatic rings. The first kappa shape index (κ1) is 20.7. The number of allylic oxidation sites excluding steroid dienone is 1. The van der Waals surface area contributed by atoms with Gasteiger partial charge in [0.1, 0.15) is 17.1 Å². The second-order valence-electron chi connectivity index (χ2n) is 7.57. The molecule has 2 N–H and O–H groups in total. The summed E-state index contributed by atoms with van der Waals surface area (Å²) in [6.45, 7) is 4.39. The fourth-order valence-corrected chi connectivity index (χ4v) is 5.92. The van der Waals surface area contributed by atoms with Crippen LogP contribution in [-0.4, -0.2) is 57.2 Å². The summed E-state index contributed by atoms with van der Waals surface area (Å²) in [5.74, 6) is -1.79. The van der Waals surface area contributed by atoms with Crippen LogP contribution in [0.5, 0.6) is 0 Å². The molecule has 3 aliphatic heterocycles. The Morgan fingerprint density at radius 1 is 1.33 bits per heavy atom. The van der Waals surface area contributed by atoms with Gasteiger partial charge in [0.05, 0.1) is 12.5 Å². The number of carbonyl (C=O) groups is 3. The second-order valence-corrected chi connectivity index (χ2v) is 8.89. The highest BCUT2D eigenvalue weighted by Gasteiger charge is 2.57. The van der Waals surface area contributed by atoms with E-state index in [0.29, 0.717) is 18.6 Å². The van der Waals surface area contributed by atoms with Crippen molar-refractivity contribution in [2.75, 3.05) is 6.61 Å². The van der Waals surface area contributed by atoms with Gasteiger partial charge in [-0.05, 0) is 24.8 Å². The third kappa shape index (κ3) is 3.77. The molecule has 0 radical (unpaired) electrons. The number of β-lactam (4-membered cyclic amide) rings is 1. The van der Waals surface area contributed by atoms with Crippen molar-refractivity contribution in [3.63, 3.8) is 0 Å². The molecule has 0 saturated carbocycles. The third-order valence-electron chi connectivity index (χ3n) is 5.59. The second kappa shape index (κ2) is 8.65. The van der Waals surface area contributed by atoms with E-state index in [1.165, 1.54) is 16.7 Å². The van der Waals surface area contributed by atoms with Gasteiger partial charge in [0.25, 0.3) is 5.91 Å². The molecule has 4 atom stereocenters. The number of rotatable bonds is 7. The first-order valence-corrected chi connectivity index (χ1v) is 11.0. The third-order valence-corrected chi connectivity index (χ3v) is 7.13. The molecule has 0 bridgehead atoms. The number of amides is 2. The van der Waals surface area contributed by atoms with Crippen LogP contribution in [0, 0.1) is 0 Å². The number of carbonyl (C=O) groups excluding carboxylic acids is 2. The van der Waals surface area contributed by atoms with E-state index in [4.69, 9.17) is 4.74 Å². The highest BCUT2D eigenvalue weighted by Crippen LogP contribution is 2.47. The van der Waals surface area contributed by atoms with Crippen molar-refractivity contribution < 1.29 is 24.2 Å². The molecule has 0 aliphatic carbocycles. The zero-order chi connectivity index (χ0) is 21.3. The molecule has 1 aromatic carbocycles. The number of thioether (sulfide) groups is 1. The molecule has 0 spiro atoms. The van der Waals surface area contributed by atoms with Crippen molar-refractivity contribution in [1.82, 2.24) is 10.2 Å². The normalized spacial score (nSPS) is 28.0. The highest BCUT2D eigenvalue weighted by atomic mass is 32.2. The van der Waals surface area contributed by atoms with Crippen LogP contribution < -0.4 is 5.32 Å². The Hall–Kier alpha value is -2.58. The van der Waals surface area contributed by atoms with Gasteiger partial charge in [-0.15, -0.1) is 18.3 Å². The molecule has 8 heteroatoms. The lowest BCUT2D eigenvalue weighted by atomic mass is 9.94. The molecule has 1 aromatic rings. The van der Waals surface area contributed by atoms with E-state index in [0.717, 1.165) is 18.4 Å². The van der Waals surface area contributed by atoms with Crippen molar-refractivity contribution in [2.24, 2.45) is 0 Å². The Morgan fingerprint density at radius 2 is 2.10 bits per heavy atom. The summed E-state index contributed by atoms with van der Waals surface area (Å²) in [5, 5.41) is 12.1. The van der Waals surface area contributed by atoms with E-state index in [9.17, 15) is 19.5 Å². The summed E-state index contributed by atoms with van der Waals surface area (Å²) in [6, 6.07) is 8.54. The summed E-state index contributed by atoms with van der Waals surface area (Å²) in [6.07, 6.45) is 3.80. The van der Waals surface area contributed by atoms with Gasteiger partial charge in [-0.1, -0.05) is 36.4 Å². The van der Waals surface area contributed by atoms with Gasteiger partial charge in [-0.3, -0.25) is 14.5 Å². The Kier molecular flexibility index (Phi) is 5.97. The number of hydrogen-bond donors (Lipinski definition) is 2. The number of aliphatic carboxylic acids is 1. The predicted molar refractivity (Wildman–Crippen MR) is 113 cm³/mol. The van der Waals surface area contributed by atoms with Crippen molar-refractivity contribution in [3.8, 4) is 0 Å². The molecule has 0 aromatic heterocycles. The van der Waals surface area contributed by atoms with Gasteiger partial charge >= 0.3 is 5.97 Å². The molecule has 7 nitrogen and oxygen atoms in total. The minimum atomic E-state index is -1.14. The molecular weight excluding hydrogens is 404 g/mol. The molecule has 2 amide bonds. The summed E-state index contributed by atoms with van der Waals surface area (Å²) in [7, 11) is 0. The summed E-state index contributed by atoms with van der Waals surface area (Å²) in [4.78, 5) is 38.8. The van der Waals surface area contributed by atoms with Crippen molar-refractivity contribution >= 4 is 29.5 Å². The Labute approximate surface area is 179 Å². The monoisotopic (exact) mass is 428 g/mol. The van der Waals surface area contributed by atoms with E-state index < -0.39 is 17.4 Å². The van der Waals surface area contributed by atoms with Crippen LogP contribution in [0.25, 0.3) is 0 Å². The van der Waals surface area contributed by atoms with Gasteiger partial charge < -0.3 is 15.2 Å². The van der Waals surface area contributed by atoms with Crippen molar-refractivity contribution in [1.29, 1.82) is 0 Å². The first-order chi connectivity index (χ1) is 14.5. The summed E-state index contributed by atoms with van der Waals surface area (Å²) >= 11 is 1.50. The van der Waals surface area contributed by atoms with E-state index in [1.807, 2.05) is 30.3 Å². The van der Waals surface area contributed by atoms with Gasteiger partial charge in [0.2, 0.25) is 5.91 Å². The number of benzene rings is 1. The molecule has 4 unspecified atom stereocenters. The number of nitrogens with one attached hydrogen (secondary N) is 1. The van der Waals surface area contributed by atoms with Crippen LogP contribution in [0.1, 0.15) is 24.8 Å². The molecule has 158 valence electrons. The number of hydrogen-bond acceptors (Lipinski definition) is 5. The lowest BCUT2D eigenvalue weighted by molar-refractivity contribution is -0.151. The van der Waals surface area contributed by atoms with E-state index in [1.54, 1.807) is 6.08 Å². The lowest BCUT2D eigenvalue weighted by Crippen LogP contribution is -2.71. The van der Waals surface area contributed by atoms with Gasteiger partial charge in [-0.2, -0.15) is 0 Å². The summed E-state index contributed by atoms with van der Waals surface area (Å²) < 4.78 is 5.77. The zero-order valence-corrected chi connectivity index (χ0v) is 17.3. The van der Waals surface area contributed by atoms with Crippen LogP contribution in [-0.2, 0) is 25.5 Å². The number of nitrogens with zero attached hydrogens (tertiary/aromatic N) is 1. The van der Waals surface area contributed by atoms with Crippen LogP contribution in [0.2, 0.25) is 0 Å². The molecule has 3 heterocycles. The number of fused-ring (bicyclic) bond motifs is 1. The predicted octanol–water partition coefficient (Wildman–Crippen LogP) is 2.09. The smallest absolute Gasteiger partial charge is 0.352 e. The highest BCUT2D eigenvalue weighted by molar-refractivity contribution is 8.00. The first-order valence-electron chi connectivity index (χ1n) is 10.0. The Morgan fingerprint density at radius 3 is 2.73 bits per heavy atom. The van der Waals surface area contributed by atoms with E-state index in [-0.39, 0.29) is 35.3 Å². The van der Waals surface area contributed by atoms with Crippen LogP contribution in [0.15, 0.2) is 54.3 Å². The maximum Gasteiger partial charge on any atom is 0.352 e. The molecule has 4 rings (SSSR count). The number of ether oxygens (including phenoxy) is 1. The summed E-state index contributed by atoms with van der Waals surface area (Å²) in [5.41, 5.74) is 1.52. The van der Waals surface area contributed by atoms with E-state index in [2.05, 4.69) is 11.9 Å².